The fourth-order valence-electron chi connectivity index (χ4n) is 2.31. The summed E-state index contributed by atoms with van der Waals surface area (Å²) in [5, 5.41) is -0.229. The number of nitrogens with zero attached hydrogens (tertiary/aromatic N) is 4. The van der Waals surface area contributed by atoms with E-state index in [2.05, 4.69) is 27.1 Å². The highest BCUT2D eigenvalue weighted by Gasteiger charge is 2.19. The molecule has 108 valence electrons. The lowest BCUT2D eigenvalue weighted by atomic mass is 10.2. The number of fused-ring (bicyclic) bond motifs is 1. The molecule has 0 amide bonds. The van der Waals surface area contributed by atoms with Gasteiger partial charge in [-0.05, 0) is 12.5 Å². The predicted molar refractivity (Wildman–Crippen MR) is 81.7 cm³/mol. The second-order valence-electron chi connectivity index (χ2n) is 4.71. The summed E-state index contributed by atoms with van der Waals surface area (Å²) < 4.78 is 7.26. The van der Waals surface area contributed by atoms with Gasteiger partial charge in [-0.3, -0.25) is 0 Å². The molecule has 5 nitrogen and oxygen atoms in total. The first kappa shape index (κ1) is 13.8. The summed E-state index contributed by atoms with van der Waals surface area (Å²) in [6.07, 6.45) is 1.48. The van der Waals surface area contributed by atoms with Crippen molar-refractivity contribution >= 4 is 22.8 Å². The Kier molecular flexibility index (Phi) is 3.75. The van der Waals surface area contributed by atoms with Crippen molar-refractivity contribution in [3.63, 3.8) is 0 Å². The van der Waals surface area contributed by atoms with Crippen molar-refractivity contribution in [1.29, 1.82) is 0 Å². The van der Waals surface area contributed by atoms with Crippen LogP contribution in [0.15, 0.2) is 36.7 Å². The zero-order valence-electron chi connectivity index (χ0n) is 11.8. The molecule has 2 aromatic heterocycles. The SMILES string of the molecule is COc1ncnc2c1nc(C(C)Cl)n2Cc1ccccc1. The van der Waals surface area contributed by atoms with E-state index in [-0.39, 0.29) is 5.38 Å². The lowest BCUT2D eigenvalue weighted by molar-refractivity contribution is 0.401. The van der Waals surface area contributed by atoms with Crippen molar-refractivity contribution in [3.05, 3.63) is 48.0 Å². The second-order valence-corrected chi connectivity index (χ2v) is 5.37. The largest absolute Gasteiger partial charge is 0.479 e. The van der Waals surface area contributed by atoms with Gasteiger partial charge in [-0.1, -0.05) is 30.3 Å². The van der Waals surface area contributed by atoms with E-state index in [4.69, 9.17) is 16.3 Å². The molecule has 2 heterocycles. The van der Waals surface area contributed by atoms with Gasteiger partial charge in [0.15, 0.2) is 11.2 Å². The van der Waals surface area contributed by atoms with Gasteiger partial charge in [0.25, 0.3) is 0 Å². The minimum absolute atomic E-state index is 0.229. The molecule has 21 heavy (non-hydrogen) atoms. The Morgan fingerprint density at radius 2 is 2.00 bits per heavy atom. The van der Waals surface area contributed by atoms with E-state index in [0.717, 1.165) is 17.0 Å². The second kappa shape index (κ2) is 5.69. The van der Waals surface area contributed by atoms with Gasteiger partial charge >= 0.3 is 0 Å². The lowest BCUT2D eigenvalue weighted by Crippen LogP contribution is -2.06. The Balaban J connectivity index is 2.17. The van der Waals surface area contributed by atoms with Gasteiger partial charge in [-0.2, -0.15) is 4.98 Å². The molecular weight excluding hydrogens is 288 g/mol. The molecular formula is C15H15ClN4O. The van der Waals surface area contributed by atoms with Crippen molar-refractivity contribution < 1.29 is 4.74 Å². The van der Waals surface area contributed by atoms with E-state index in [1.807, 2.05) is 29.7 Å². The minimum atomic E-state index is -0.229. The summed E-state index contributed by atoms with van der Waals surface area (Å²) in [4.78, 5) is 13.0. The molecule has 0 saturated heterocycles. The van der Waals surface area contributed by atoms with Gasteiger partial charge in [0.2, 0.25) is 5.88 Å². The molecule has 0 aliphatic rings. The summed E-state index contributed by atoms with van der Waals surface area (Å²) in [6, 6.07) is 10.1. The van der Waals surface area contributed by atoms with Gasteiger partial charge in [0, 0.05) is 0 Å². The zero-order chi connectivity index (χ0) is 14.8. The van der Waals surface area contributed by atoms with Gasteiger partial charge < -0.3 is 9.30 Å². The Labute approximate surface area is 127 Å². The maximum atomic E-state index is 6.27. The number of methoxy groups -OCH3 is 1. The molecule has 3 rings (SSSR count). The number of hydrogen-bond donors (Lipinski definition) is 0. The first-order valence-electron chi connectivity index (χ1n) is 6.64. The number of ether oxygens (including phenoxy) is 1. The van der Waals surface area contributed by atoms with Crippen LogP contribution < -0.4 is 4.74 Å². The molecule has 6 heteroatoms. The number of benzene rings is 1. The van der Waals surface area contributed by atoms with Crippen LogP contribution in [0.5, 0.6) is 5.88 Å². The average molecular weight is 303 g/mol. The van der Waals surface area contributed by atoms with E-state index in [1.54, 1.807) is 7.11 Å². The Hall–Kier alpha value is -2.14. The molecule has 0 bridgehead atoms. The quantitative estimate of drug-likeness (QED) is 0.695. The van der Waals surface area contributed by atoms with Crippen LogP contribution in [0.1, 0.15) is 23.7 Å². The summed E-state index contributed by atoms with van der Waals surface area (Å²) >= 11 is 6.27. The molecule has 0 spiro atoms. The van der Waals surface area contributed by atoms with Crippen LogP contribution >= 0.6 is 11.6 Å². The van der Waals surface area contributed by atoms with E-state index in [1.165, 1.54) is 6.33 Å². The normalized spacial score (nSPS) is 12.5. The number of hydrogen-bond acceptors (Lipinski definition) is 4. The molecule has 0 N–H and O–H groups in total. The van der Waals surface area contributed by atoms with Crippen LogP contribution in [0.2, 0.25) is 0 Å². The van der Waals surface area contributed by atoms with Crippen molar-refractivity contribution in [2.75, 3.05) is 7.11 Å². The highest BCUT2D eigenvalue weighted by molar-refractivity contribution is 6.20. The molecule has 0 aliphatic carbocycles. The molecule has 1 aromatic carbocycles. The fraction of sp³-hybridized carbons (Fsp3) is 0.267. The summed E-state index contributed by atoms with van der Waals surface area (Å²) in [5.74, 6) is 1.22. The van der Waals surface area contributed by atoms with Gasteiger partial charge in [-0.25, -0.2) is 9.97 Å². The monoisotopic (exact) mass is 302 g/mol. The third-order valence-corrected chi connectivity index (χ3v) is 3.46. The molecule has 0 radical (unpaired) electrons. The highest BCUT2D eigenvalue weighted by atomic mass is 35.5. The third kappa shape index (κ3) is 2.56. The van der Waals surface area contributed by atoms with Gasteiger partial charge in [-0.15, -0.1) is 11.6 Å². The van der Waals surface area contributed by atoms with E-state index < -0.39 is 0 Å². The Morgan fingerprint density at radius 1 is 1.24 bits per heavy atom. The van der Waals surface area contributed by atoms with Gasteiger partial charge in [0.1, 0.15) is 12.2 Å². The van der Waals surface area contributed by atoms with E-state index in [9.17, 15) is 0 Å². The molecule has 1 atom stereocenters. The van der Waals surface area contributed by atoms with Crippen LogP contribution in [0, 0.1) is 0 Å². The smallest absolute Gasteiger partial charge is 0.245 e. The first-order valence-corrected chi connectivity index (χ1v) is 7.07. The third-order valence-electron chi connectivity index (χ3n) is 3.26. The van der Waals surface area contributed by atoms with Crippen LogP contribution in [-0.4, -0.2) is 26.6 Å². The fourth-order valence-corrected chi connectivity index (χ4v) is 2.47. The van der Waals surface area contributed by atoms with Crippen molar-refractivity contribution in [1.82, 2.24) is 19.5 Å². The number of alkyl halides is 1. The van der Waals surface area contributed by atoms with Crippen molar-refractivity contribution in [2.45, 2.75) is 18.8 Å². The van der Waals surface area contributed by atoms with Gasteiger partial charge in [0.05, 0.1) is 19.0 Å². The maximum absolute atomic E-state index is 6.27. The van der Waals surface area contributed by atoms with Crippen LogP contribution in [0.3, 0.4) is 0 Å². The van der Waals surface area contributed by atoms with E-state index in [0.29, 0.717) is 17.9 Å². The molecule has 3 aromatic rings. The number of aromatic nitrogens is 4. The number of halogens is 1. The predicted octanol–water partition coefficient (Wildman–Crippen LogP) is 3.18. The topological polar surface area (TPSA) is 52.8 Å². The molecule has 0 aliphatic heterocycles. The number of imidazole rings is 1. The zero-order valence-corrected chi connectivity index (χ0v) is 12.6. The standard InChI is InChI=1S/C15H15ClN4O/c1-10(16)13-19-12-14(17-9-18-15(12)21-2)20(13)8-11-6-4-3-5-7-11/h3-7,9-10H,8H2,1-2H3. The highest BCUT2D eigenvalue weighted by Crippen LogP contribution is 2.27. The van der Waals surface area contributed by atoms with Crippen molar-refractivity contribution in [3.8, 4) is 5.88 Å². The molecule has 0 saturated carbocycles. The lowest BCUT2D eigenvalue weighted by Gasteiger charge is -2.09. The molecule has 1 unspecified atom stereocenters. The van der Waals surface area contributed by atoms with Crippen LogP contribution in [0.4, 0.5) is 0 Å². The minimum Gasteiger partial charge on any atom is -0.479 e. The van der Waals surface area contributed by atoms with Crippen molar-refractivity contribution in [2.24, 2.45) is 0 Å². The van der Waals surface area contributed by atoms with Crippen LogP contribution in [-0.2, 0) is 6.54 Å². The Bertz CT molecular complexity index is 755. The van der Waals surface area contributed by atoms with Crippen LogP contribution in [0.25, 0.3) is 11.2 Å². The maximum Gasteiger partial charge on any atom is 0.245 e. The average Bonchev–Trinajstić information content (AvgIpc) is 2.87. The summed E-state index contributed by atoms with van der Waals surface area (Å²) in [5.41, 5.74) is 2.53. The number of rotatable bonds is 4. The summed E-state index contributed by atoms with van der Waals surface area (Å²) in [6.45, 7) is 2.55. The first-order chi connectivity index (χ1) is 10.2. The molecule has 0 fully saturated rings. The Morgan fingerprint density at radius 3 is 2.67 bits per heavy atom. The summed E-state index contributed by atoms with van der Waals surface area (Å²) in [7, 11) is 1.57. The van der Waals surface area contributed by atoms with E-state index >= 15 is 0 Å².